The quantitative estimate of drug-likeness (QED) is 0.267. The minimum atomic E-state index is -0.280. The van der Waals surface area contributed by atoms with E-state index in [0.717, 1.165) is 25.2 Å². The van der Waals surface area contributed by atoms with Gasteiger partial charge in [-0.3, -0.25) is 4.79 Å². The Balaban J connectivity index is 1.57. The molecule has 9 atom stereocenters. The molecule has 4 aliphatic rings. The highest BCUT2D eigenvalue weighted by Crippen LogP contribution is 2.72. The molecule has 198 valence electrons. The van der Waals surface area contributed by atoms with Gasteiger partial charge in [0.15, 0.2) is 0 Å². The fourth-order valence-corrected chi connectivity index (χ4v) is 10.1. The Morgan fingerprint density at radius 3 is 2.26 bits per heavy atom. The first-order valence-corrected chi connectivity index (χ1v) is 14.8. The molecular formula is C33H54O2. The first kappa shape index (κ1) is 27.0. The molecule has 35 heavy (non-hydrogen) atoms. The summed E-state index contributed by atoms with van der Waals surface area (Å²) < 4.78 is 6.35. The van der Waals surface area contributed by atoms with E-state index in [4.69, 9.17) is 4.74 Å². The summed E-state index contributed by atoms with van der Waals surface area (Å²) in [7, 11) is 0. The van der Waals surface area contributed by atoms with Crippen LogP contribution in [0.5, 0.6) is 0 Å². The SMILES string of the molecule is C=C(C)[C@@H]1CC[C@@H]2[C@H](CC[C@]3(C)[C@@H]([C@H](C)CC(C)C(=C)C(C)(C)CC)CC[C@@]23C)C12CCC(=O)O2. The molecule has 0 N–H and O–H groups in total. The van der Waals surface area contributed by atoms with Crippen molar-refractivity contribution in [2.75, 3.05) is 0 Å². The van der Waals surface area contributed by atoms with Gasteiger partial charge in [-0.1, -0.05) is 72.8 Å². The van der Waals surface area contributed by atoms with Crippen molar-refractivity contribution in [3.05, 3.63) is 24.3 Å². The number of esters is 1. The minimum Gasteiger partial charge on any atom is -0.458 e. The van der Waals surface area contributed by atoms with Crippen LogP contribution in [0, 0.1) is 51.8 Å². The van der Waals surface area contributed by atoms with Crippen LogP contribution in [0.25, 0.3) is 0 Å². The normalized spacial score (nSPS) is 42.8. The van der Waals surface area contributed by atoms with Crippen molar-refractivity contribution < 1.29 is 9.53 Å². The molecule has 4 fully saturated rings. The first-order chi connectivity index (χ1) is 16.2. The zero-order chi connectivity index (χ0) is 26.0. The van der Waals surface area contributed by atoms with Gasteiger partial charge in [0, 0.05) is 18.3 Å². The van der Waals surface area contributed by atoms with Crippen LogP contribution >= 0.6 is 0 Å². The number of hydrogen-bond donors (Lipinski definition) is 0. The van der Waals surface area contributed by atoms with Gasteiger partial charge in [-0.2, -0.15) is 0 Å². The van der Waals surface area contributed by atoms with E-state index in [0.29, 0.717) is 46.8 Å². The van der Waals surface area contributed by atoms with Crippen molar-refractivity contribution in [2.45, 2.75) is 125 Å². The molecule has 2 heteroatoms. The summed E-state index contributed by atoms with van der Waals surface area (Å²) in [6.07, 6.45) is 11.5. The lowest BCUT2D eigenvalue weighted by Gasteiger charge is -2.63. The molecule has 0 aromatic rings. The Morgan fingerprint density at radius 1 is 1.03 bits per heavy atom. The second-order valence-electron chi connectivity index (χ2n) is 14.5. The highest BCUT2D eigenvalue weighted by atomic mass is 16.6. The van der Waals surface area contributed by atoms with Crippen molar-refractivity contribution in [3.8, 4) is 0 Å². The maximum Gasteiger partial charge on any atom is 0.306 e. The Labute approximate surface area is 216 Å². The van der Waals surface area contributed by atoms with E-state index in [1.54, 1.807) is 0 Å². The first-order valence-electron chi connectivity index (χ1n) is 14.8. The lowest BCUT2D eigenvalue weighted by molar-refractivity contribution is -0.196. The summed E-state index contributed by atoms with van der Waals surface area (Å²) in [6.45, 7) is 28.3. The van der Waals surface area contributed by atoms with Gasteiger partial charge in [0.2, 0.25) is 0 Å². The average Bonchev–Trinajstić information content (AvgIpc) is 3.30. The topological polar surface area (TPSA) is 26.3 Å². The van der Waals surface area contributed by atoms with Gasteiger partial charge in [-0.15, -0.1) is 0 Å². The van der Waals surface area contributed by atoms with Gasteiger partial charge in [-0.05, 0) is 105 Å². The van der Waals surface area contributed by atoms with Gasteiger partial charge >= 0.3 is 5.97 Å². The molecule has 3 saturated carbocycles. The number of fused-ring (bicyclic) bond motifs is 4. The molecule has 1 heterocycles. The van der Waals surface area contributed by atoms with E-state index in [-0.39, 0.29) is 17.0 Å². The average molecular weight is 483 g/mol. The standard InChI is InChI=1S/C33H54O2/c1-11-30(7,8)24(6)22(4)20-23(5)26-14-17-32(10)27-13-12-25(21(2)3)33(19-16-29(34)35-33)28(27)15-18-31(26,32)9/h22-23,25-28H,2,6,11-20H2,1,3-5,7-10H3/t22?,23-,25+,26-,27-,28+,31-,32+,33?/m1/s1. The van der Waals surface area contributed by atoms with Crippen molar-refractivity contribution in [1.29, 1.82) is 0 Å². The fraction of sp³-hybridized carbons (Fsp3) is 0.848. The lowest BCUT2D eigenvalue weighted by Crippen LogP contribution is -2.60. The number of hydrogen-bond acceptors (Lipinski definition) is 2. The number of carbonyl (C=O) groups is 1. The minimum absolute atomic E-state index is 0.0255. The van der Waals surface area contributed by atoms with Gasteiger partial charge in [0.25, 0.3) is 0 Å². The molecule has 1 spiro atoms. The highest BCUT2D eigenvalue weighted by Gasteiger charge is 2.68. The van der Waals surface area contributed by atoms with E-state index in [9.17, 15) is 4.79 Å². The van der Waals surface area contributed by atoms with Crippen molar-refractivity contribution >= 4 is 5.97 Å². The van der Waals surface area contributed by atoms with Crippen LogP contribution in [0.3, 0.4) is 0 Å². The zero-order valence-corrected chi connectivity index (χ0v) is 24.3. The van der Waals surface area contributed by atoms with Crippen LogP contribution in [-0.2, 0) is 9.53 Å². The third kappa shape index (κ3) is 3.99. The van der Waals surface area contributed by atoms with Gasteiger partial charge in [0.05, 0.1) is 0 Å². The third-order valence-corrected chi connectivity index (χ3v) is 12.7. The van der Waals surface area contributed by atoms with Gasteiger partial charge in [-0.25, -0.2) is 0 Å². The summed E-state index contributed by atoms with van der Waals surface area (Å²) >= 11 is 0. The van der Waals surface area contributed by atoms with Crippen molar-refractivity contribution in [2.24, 2.45) is 51.8 Å². The molecule has 0 radical (unpaired) electrons. The largest absolute Gasteiger partial charge is 0.458 e. The Kier molecular flexibility index (Phi) is 6.98. The summed E-state index contributed by atoms with van der Waals surface area (Å²) in [5.41, 5.74) is 3.30. The molecular weight excluding hydrogens is 428 g/mol. The summed E-state index contributed by atoms with van der Waals surface area (Å²) in [6, 6.07) is 0. The van der Waals surface area contributed by atoms with E-state index < -0.39 is 0 Å². The molecule has 1 saturated heterocycles. The summed E-state index contributed by atoms with van der Waals surface area (Å²) in [5.74, 6) is 3.58. The second kappa shape index (κ2) is 9.05. The van der Waals surface area contributed by atoms with Crippen molar-refractivity contribution in [3.63, 3.8) is 0 Å². The van der Waals surface area contributed by atoms with Crippen LogP contribution < -0.4 is 0 Å². The molecule has 2 unspecified atom stereocenters. The predicted molar refractivity (Wildman–Crippen MR) is 147 cm³/mol. The van der Waals surface area contributed by atoms with Crippen LogP contribution in [0.2, 0.25) is 0 Å². The zero-order valence-electron chi connectivity index (χ0n) is 24.3. The molecule has 1 aliphatic heterocycles. The lowest BCUT2D eigenvalue weighted by atomic mass is 9.43. The van der Waals surface area contributed by atoms with Crippen LogP contribution in [0.1, 0.15) is 120 Å². The van der Waals surface area contributed by atoms with E-state index >= 15 is 0 Å². The van der Waals surface area contributed by atoms with E-state index in [2.05, 4.69) is 68.5 Å². The monoisotopic (exact) mass is 482 g/mol. The molecule has 0 bridgehead atoms. The second-order valence-corrected chi connectivity index (χ2v) is 14.5. The highest BCUT2D eigenvalue weighted by molar-refractivity contribution is 5.72. The summed E-state index contributed by atoms with van der Waals surface area (Å²) in [4.78, 5) is 12.5. The Morgan fingerprint density at radius 2 is 1.69 bits per heavy atom. The summed E-state index contributed by atoms with van der Waals surface area (Å²) in [5, 5.41) is 0. The van der Waals surface area contributed by atoms with E-state index in [1.807, 2.05) is 0 Å². The fourth-order valence-electron chi connectivity index (χ4n) is 10.1. The maximum absolute atomic E-state index is 12.5. The van der Waals surface area contributed by atoms with Gasteiger partial charge in [0.1, 0.15) is 5.60 Å². The maximum atomic E-state index is 12.5. The number of rotatable bonds is 7. The predicted octanol–water partition coefficient (Wildman–Crippen LogP) is 9.15. The van der Waals surface area contributed by atoms with Crippen molar-refractivity contribution in [1.82, 2.24) is 0 Å². The number of allylic oxidation sites excluding steroid dienone is 1. The van der Waals surface area contributed by atoms with Crippen LogP contribution in [-0.4, -0.2) is 11.6 Å². The van der Waals surface area contributed by atoms with Crippen LogP contribution in [0.4, 0.5) is 0 Å². The molecule has 3 aliphatic carbocycles. The smallest absolute Gasteiger partial charge is 0.306 e. The number of ether oxygens (including phenoxy) is 1. The van der Waals surface area contributed by atoms with E-state index in [1.165, 1.54) is 49.7 Å². The third-order valence-electron chi connectivity index (χ3n) is 12.7. The molecule has 0 amide bonds. The number of carbonyl (C=O) groups excluding carboxylic acids is 1. The Bertz CT molecular complexity index is 868. The van der Waals surface area contributed by atoms with Gasteiger partial charge < -0.3 is 4.74 Å². The van der Waals surface area contributed by atoms with Crippen LogP contribution in [0.15, 0.2) is 24.3 Å². The molecule has 4 rings (SSSR count). The Hall–Kier alpha value is -1.05. The molecule has 0 aromatic heterocycles. The molecule has 2 nitrogen and oxygen atoms in total. The molecule has 0 aromatic carbocycles.